The minimum Gasteiger partial charge on any atom is -0.355 e. The summed E-state index contributed by atoms with van der Waals surface area (Å²) in [4.78, 5) is 21.8. The first kappa shape index (κ1) is 19.1. The lowest BCUT2D eigenvalue weighted by Crippen LogP contribution is -2.43. The molecule has 0 aromatic heterocycles. The van der Waals surface area contributed by atoms with Gasteiger partial charge in [0.15, 0.2) is 5.96 Å². The molecule has 0 bridgehead atoms. The molecule has 6 heteroatoms. The van der Waals surface area contributed by atoms with Crippen LogP contribution in [0.2, 0.25) is 0 Å². The molecule has 1 saturated heterocycles. The molecule has 5 nitrogen and oxygen atoms in total. The molecule has 0 radical (unpaired) electrons. The Morgan fingerprint density at radius 1 is 1.27 bits per heavy atom. The number of hydrogen-bond donors (Lipinski definition) is 1. The van der Waals surface area contributed by atoms with Gasteiger partial charge in [-0.2, -0.15) is 0 Å². The number of carbonyl (C=O) groups excluding carboxylic acids is 1. The molecule has 142 valence electrons. The van der Waals surface area contributed by atoms with E-state index in [1.165, 1.54) is 30.6 Å². The minimum absolute atomic E-state index is 0.0421. The Bertz CT molecular complexity index is 628. The lowest BCUT2D eigenvalue weighted by Gasteiger charge is -2.38. The second-order valence-electron chi connectivity index (χ2n) is 7.54. The van der Waals surface area contributed by atoms with E-state index in [1.54, 1.807) is 19.0 Å². The average Bonchev–Trinajstić information content (AvgIpc) is 3.07. The number of aliphatic imine (C=N–C) groups is 1. The molecular weight excluding hydrogens is 344 g/mol. The van der Waals surface area contributed by atoms with E-state index < -0.39 is 0 Å². The SMILES string of the molecule is CN(C)C(=O)CN=C(NCCSc1ccccc1)N1CCC2(CCC2)C1. The van der Waals surface area contributed by atoms with E-state index >= 15 is 0 Å². The van der Waals surface area contributed by atoms with Gasteiger partial charge in [0.2, 0.25) is 5.91 Å². The summed E-state index contributed by atoms with van der Waals surface area (Å²) in [7, 11) is 3.56. The summed E-state index contributed by atoms with van der Waals surface area (Å²) in [6.45, 7) is 3.19. The number of likely N-dealkylation sites (tertiary alicyclic amines) is 1. The molecule has 1 heterocycles. The van der Waals surface area contributed by atoms with Gasteiger partial charge in [0.1, 0.15) is 6.54 Å². The maximum Gasteiger partial charge on any atom is 0.243 e. The molecule has 2 aliphatic rings. The molecule has 0 atom stereocenters. The standard InChI is InChI=1S/C20H30N4OS/c1-23(2)18(25)15-22-19(24-13-11-20(16-24)9-6-10-20)21-12-14-26-17-7-4-3-5-8-17/h3-5,7-8H,6,9-16H2,1-2H3,(H,21,22). The number of nitrogens with zero attached hydrogens (tertiary/aromatic N) is 3. The predicted octanol–water partition coefficient (Wildman–Crippen LogP) is 2.69. The van der Waals surface area contributed by atoms with Crippen molar-refractivity contribution in [2.45, 2.75) is 30.6 Å². The lowest BCUT2D eigenvalue weighted by atomic mass is 9.68. The predicted molar refractivity (Wildman–Crippen MR) is 109 cm³/mol. The summed E-state index contributed by atoms with van der Waals surface area (Å²) in [5.41, 5.74) is 0.521. The Kier molecular flexibility index (Phi) is 6.46. The molecular formula is C20H30N4OS. The molecule has 1 spiro atoms. The largest absolute Gasteiger partial charge is 0.355 e. The molecule has 26 heavy (non-hydrogen) atoms. The fourth-order valence-corrected chi connectivity index (χ4v) is 4.39. The topological polar surface area (TPSA) is 47.9 Å². The van der Waals surface area contributed by atoms with Crippen LogP contribution in [0, 0.1) is 5.41 Å². The van der Waals surface area contributed by atoms with Gasteiger partial charge in [-0.1, -0.05) is 24.6 Å². The summed E-state index contributed by atoms with van der Waals surface area (Å²) in [5.74, 6) is 1.92. The van der Waals surface area contributed by atoms with Gasteiger partial charge < -0.3 is 15.1 Å². The van der Waals surface area contributed by atoms with Crippen molar-refractivity contribution >= 4 is 23.6 Å². The number of rotatable bonds is 6. The normalized spacial score (nSPS) is 18.7. The van der Waals surface area contributed by atoms with Crippen molar-refractivity contribution < 1.29 is 4.79 Å². The molecule has 1 aliphatic carbocycles. The summed E-state index contributed by atoms with van der Waals surface area (Å²) in [6, 6.07) is 10.4. The highest BCUT2D eigenvalue weighted by Crippen LogP contribution is 2.47. The number of nitrogens with one attached hydrogen (secondary N) is 1. The van der Waals surface area contributed by atoms with E-state index in [9.17, 15) is 4.79 Å². The Hall–Kier alpha value is -1.69. The summed E-state index contributed by atoms with van der Waals surface area (Å²) >= 11 is 1.84. The van der Waals surface area contributed by atoms with Crippen LogP contribution in [0.25, 0.3) is 0 Å². The maximum absolute atomic E-state index is 11.9. The van der Waals surface area contributed by atoms with Crippen molar-refractivity contribution in [2.75, 3.05) is 46.0 Å². The molecule has 0 unspecified atom stereocenters. The van der Waals surface area contributed by atoms with Crippen LogP contribution in [0.1, 0.15) is 25.7 Å². The summed E-state index contributed by atoms with van der Waals surface area (Å²) in [6.07, 6.45) is 5.31. The molecule has 1 saturated carbocycles. The van der Waals surface area contributed by atoms with Crippen LogP contribution < -0.4 is 5.32 Å². The first-order valence-corrected chi connectivity index (χ1v) is 10.5. The second kappa shape index (κ2) is 8.80. The third-order valence-electron chi connectivity index (χ3n) is 5.41. The number of amides is 1. The van der Waals surface area contributed by atoms with Crippen LogP contribution >= 0.6 is 11.8 Å². The quantitative estimate of drug-likeness (QED) is 0.360. The number of carbonyl (C=O) groups is 1. The summed E-state index contributed by atoms with van der Waals surface area (Å²) < 4.78 is 0. The van der Waals surface area contributed by atoms with Gasteiger partial charge in [0.25, 0.3) is 0 Å². The van der Waals surface area contributed by atoms with Crippen LogP contribution in [-0.4, -0.2) is 67.7 Å². The van der Waals surface area contributed by atoms with Gasteiger partial charge in [-0.15, -0.1) is 11.8 Å². The van der Waals surface area contributed by atoms with Crippen LogP contribution in [-0.2, 0) is 4.79 Å². The first-order valence-electron chi connectivity index (χ1n) is 9.49. The van der Waals surface area contributed by atoms with Crippen LogP contribution in [0.3, 0.4) is 0 Å². The molecule has 1 aromatic carbocycles. The highest BCUT2D eigenvalue weighted by Gasteiger charge is 2.43. The fraction of sp³-hybridized carbons (Fsp3) is 0.600. The van der Waals surface area contributed by atoms with Crippen molar-refractivity contribution in [1.82, 2.24) is 15.1 Å². The van der Waals surface area contributed by atoms with Crippen LogP contribution in [0.4, 0.5) is 0 Å². The van der Waals surface area contributed by atoms with Gasteiger partial charge in [-0.3, -0.25) is 4.79 Å². The lowest BCUT2D eigenvalue weighted by molar-refractivity contribution is -0.127. The fourth-order valence-electron chi connectivity index (χ4n) is 3.60. The van der Waals surface area contributed by atoms with Crippen molar-refractivity contribution in [1.29, 1.82) is 0 Å². The summed E-state index contributed by atoms with van der Waals surface area (Å²) in [5, 5.41) is 3.50. The number of thioether (sulfide) groups is 1. The highest BCUT2D eigenvalue weighted by molar-refractivity contribution is 7.99. The third kappa shape index (κ3) is 4.93. The van der Waals surface area contributed by atoms with Gasteiger partial charge in [0.05, 0.1) is 0 Å². The van der Waals surface area contributed by atoms with Crippen LogP contribution in [0.5, 0.6) is 0 Å². The number of likely N-dealkylation sites (N-methyl/N-ethyl adjacent to an activating group) is 1. The Labute approximate surface area is 161 Å². The van der Waals surface area contributed by atoms with E-state index in [0.29, 0.717) is 5.41 Å². The average molecular weight is 375 g/mol. The van der Waals surface area contributed by atoms with E-state index in [1.807, 2.05) is 17.8 Å². The maximum atomic E-state index is 11.9. The second-order valence-corrected chi connectivity index (χ2v) is 8.71. The van der Waals surface area contributed by atoms with Gasteiger partial charge in [-0.05, 0) is 36.8 Å². The van der Waals surface area contributed by atoms with Crippen molar-refractivity contribution in [3.63, 3.8) is 0 Å². The zero-order chi connectivity index (χ0) is 18.4. The van der Waals surface area contributed by atoms with E-state index in [4.69, 9.17) is 0 Å². The zero-order valence-electron chi connectivity index (χ0n) is 15.9. The highest BCUT2D eigenvalue weighted by atomic mass is 32.2. The third-order valence-corrected chi connectivity index (χ3v) is 6.43. The first-order chi connectivity index (χ1) is 12.6. The van der Waals surface area contributed by atoms with Crippen molar-refractivity contribution in [3.8, 4) is 0 Å². The van der Waals surface area contributed by atoms with Gasteiger partial charge in [-0.25, -0.2) is 4.99 Å². The number of guanidine groups is 1. The van der Waals surface area contributed by atoms with E-state index in [0.717, 1.165) is 31.3 Å². The Balaban J connectivity index is 1.54. The molecule has 1 aliphatic heterocycles. The molecule has 1 aromatic rings. The van der Waals surface area contributed by atoms with E-state index in [2.05, 4.69) is 39.5 Å². The van der Waals surface area contributed by atoms with Gasteiger partial charge in [0, 0.05) is 44.4 Å². The Morgan fingerprint density at radius 3 is 2.65 bits per heavy atom. The molecule has 3 rings (SSSR count). The Morgan fingerprint density at radius 2 is 2.04 bits per heavy atom. The van der Waals surface area contributed by atoms with Crippen LogP contribution in [0.15, 0.2) is 40.2 Å². The van der Waals surface area contributed by atoms with Crippen molar-refractivity contribution in [2.24, 2.45) is 10.4 Å². The minimum atomic E-state index is 0.0421. The number of hydrogen-bond acceptors (Lipinski definition) is 3. The molecule has 2 fully saturated rings. The van der Waals surface area contributed by atoms with E-state index in [-0.39, 0.29) is 12.5 Å². The molecule has 1 amide bonds. The monoisotopic (exact) mass is 374 g/mol. The smallest absolute Gasteiger partial charge is 0.243 e. The number of benzene rings is 1. The zero-order valence-corrected chi connectivity index (χ0v) is 16.7. The molecule has 1 N–H and O–H groups in total. The van der Waals surface area contributed by atoms with Gasteiger partial charge >= 0.3 is 0 Å². The van der Waals surface area contributed by atoms with Crippen molar-refractivity contribution in [3.05, 3.63) is 30.3 Å².